The van der Waals surface area contributed by atoms with E-state index in [1.807, 2.05) is 20.8 Å². The molecule has 0 radical (unpaired) electrons. The summed E-state index contributed by atoms with van der Waals surface area (Å²) in [6.07, 6.45) is 0. The fraction of sp³-hybridized carbons (Fsp3) is 0.286. The molecule has 0 atom stereocenters. The van der Waals surface area contributed by atoms with Crippen LogP contribution in [0.3, 0.4) is 0 Å². The van der Waals surface area contributed by atoms with Crippen LogP contribution in [0, 0.1) is 6.92 Å². The maximum atomic E-state index is 11.3. The van der Waals surface area contributed by atoms with E-state index >= 15 is 0 Å². The first kappa shape index (κ1) is 12.8. The van der Waals surface area contributed by atoms with Gasteiger partial charge in [0, 0.05) is 16.1 Å². The molecule has 0 saturated heterocycles. The quantitative estimate of drug-likeness (QED) is 0.890. The second-order valence-corrected chi connectivity index (χ2v) is 5.11. The molecule has 0 aliphatic rings. The molecule has 2 aromatic rings. The number of aromatic carboxylic acids is 1. The number of carbonyl (C=O) groups is 1. The van der Waals surface area contributed by atoms with Gasteiger partial charge >= 0.3 is 5.97 Å². The third kappa shape index (κ3) is 2.18. The van der Waals surface area contributed by atoms with Crippen molar-refractivity contribution in [2.45, 2.75) is 26.7 Å². The van der Waals surface area contributed by atoms with Crippen molar-refractivity contribution in [1.82, 2.24) is 4.98 Å². The first-order valence-corrected chi connectivity index (χ1v) is 6.12. The topological polar surface area (TPSA) is 50.2 Å². The van der Waals surface area contributed by atoms with Gasteiger partial charge in [0.1, 0.15) is 0 Å². The number of hydrogen-bond acceptors (Lipinski definition) is 2. The van der Waals surface area contributed by atoms with Gasteiger partial charge in [-0.05, 0) is 36.6 Å². The second-order valence-electron chi connectivity index (χ2n) is 4.67. The van der Waals surface area contributed by atoms with Crippen molar-refractivity contribution in [1.29, 1.82) is 0 Å². The van der Waals surface area contributed by atoms with Gasteiger partial charge in [0.15, 0.2) is 0 Å². The number of pyridine rings is 1. The van der Waals surface area contributed by atoms with E-state index in [0.29, 0.717) is 15.9 Å². The molecule has 0 spiro atoms. The zero-order chi connectivity index (χ0) is 13.4. The Kier molecular flexibility index (Phi) is 3.26. The smallest absolute Gasteiger partial charge is 0.336 e. The van der Waals surface area contributed by atoms with E-state index in [4.69, 9.17) is 11.6 Å². The van der Waals surface area contributed by atoms with E-state index in [2.05, 4.69) is 4.98 Å². The van der Waals surface area contributed by atoms with Crippen LogP contribution >= 0.6 is 11.6 Å². The third-order valence-electron chi connectivity index (χ3n) is 2.91. The number of aromatic nitrogens is 1. The lowest BCUT2D eigenvalue weighted by atomic mass is 10.0. The number of fused-ring (bicyclic) bond motifs is 1. The molecule has 0 fully saturated rings. The molecule has 1 aromatic carbocycles. The lowest BCUT2D eigenvalue weighted by Crippen LogP contribution is -2.04. The van der Waals surface area contributed by atoms with Crippen molar-refractivity contribution in [2.75, 3.05) is 0 Å². The molecule has 0 bridgehead atoms. The van der Waals surface area contributed by atoms with Gasteiger partial charge in [-0.3, -0.25) is 4.98 Å². The van der Waals surface area contributed by atoms with Gasteiger partial charge in [-0.2, -0.15) is 0 Å². The standard InChI is InChI=1S/C14H14ClNO2/c1-7(2)12-6-11(14(17)18)10-5-9(15)4-8(3)13(10)16-12/h4-7H,1-3H3,(H,17,18). The average Bonchev–Trinajstić information content (AvgIpc) is 2.27. The Labute approximate surface area is 110 Å². The normalized spacial score (nSPS) is 11.2. The van der Waals surface area contributed by atoms with Crippen LogP contribution in [0.5, 0.6) is 0 Å². The Balaban J connectivity index is 2.90. The third-order valence-corrected chi connectivity index (χ3v) is 3.13. The summed E-state index contributed by atoms with van der Waals surface area (Å²) in [5.41, 5.74) is 2.64. The molecule has 0 saturated carbocycles. The molecule has 4 heteroatoms. The predicted molar refractivity (Wildman–Crippen MR) is 72.5 cm³/mol. The maximum Gasteiger partial charge on any atom is 0.336 e. The molecule has 1 heterocycles. The van der Waals surface area contributed by atoms with Gasteiger partial charge < -0.3 is 5.11 Å². The van der Waals surface area contributed by atoms with Crippen LogP contribution in [0.2, 0.25) is 5.02 Å². The lowest BCUT2D eigenvalue weighted by Gasteiger charge is -2.11. The molecule has 0 aliphatic carbocycles. The number of halogens is 1. The molecule has 1 N–H and O–H groups in total. The molecular formula is C14H14ClNO2. The lowest BCUT2D eigenvalue weighted by molar-refractivity contribution is 0.0699. The van der Waals surface area contributed by atoms with Gasteiger partial charge in [0.2, 0.25) is 0 Å². The molecule has 3 nitrogen and oxygen atoms in total. The minimum atomic E-state index is -0.953. The van der Waals surface area contributed by atoms with Crippen LogP contribution in [0.25, 0.3) is 10.9 Å². The largest absolute Gasteiger partial charge is 0.478 e. The highest BCUT2D eigenvalue weighted by molar-refractivity contribution is 6.31. The van der Waals surface area contributed by atoms with E-state index in [9.17, 15) is 9.90 Å². The van der Waals surface area contributed by atoms with E-state index in [0.717, 1.165) is 11.3 Å². The summed E-state index contributed by atoms with van der Waals surface area (Å²) >= 11 is 5.98. The fourth-order valence-electron chi connectivity index (χ4n) is 1.95. The Morgan fingerprint density at radius 1 is 1.33 bits per heavy atom. The summed E-state index contributed by atoms with van der Waals surface area (Å²) in [6, 6.07) is 5.09. The first-order chi connectivity index (χ1) is 8.40. The molecule has 1 aromatic heterocycles. The molecule has 18 heavy (non-hydrogen) atoms. The SMILES string of the molecule is Cc1cc(Cl)cc2c(C(=O)O)cc(C(C)C)nc12. The van der Waals surface area contributed by atoms with Crippen LogP contribution in [-0.4, -0.2) is 16.1 Å². The zero-order valence-electron chi connectivity index (χ0n) is 10.5. The van der Waals surface area contributed by atoms with E-state index in [1.54, 1.807) is 18.2 Å². The average molecular weight is 264 g/mol. The Morgan fingerprint density at radius 2 is 2.00 bits per heavy atom. The van der Waals surface area contributed by atoms with Crippen molar-refractivity contribution in [3.63, 3.8) is 0 Å². The van der Waals surface area contributed by atoms with Gasteiger partial charge in [-0.15, -0.1) is 0 Å². The minimum Gasteiger partial charge on any atom is -0.478 e. The Bertz CT molecular complexity index is 635. The van der Waals surface area contributed by atoms with Crippen molar-refractivity contribution in [3.05, 3.63) is 40.0 Å². The summed E-state index contributed by atoms with van der Waals surface area (Å²) in [7, 11) is 0. The molecule has 0 aliphatic heterocycles. The summed E-state index contributed by atoms with van der Waals surface area (Å²) in [5, 5.41) is 10.4. The van der Waals surface area contributed by atoms with Crippen LogP contribution in [0.1, 0.15) is 41.4 Å². The number of carboxylic acid groups (broad SMARTS) is 1. The zero-order valence-corrected chi connectivity index (χ0v) is 11.2. The predicted octanol–water partition coefficient (Wildman–Crippen LogP) is 4.02. The first-order valence-electron chi connectivity index (χ1n) is 5.74. The van der Waals surface area contributed by atoms with Crippen molar-refractivity contribution < 1.29 is 9.90 Å². The summed E-state index contributed by atoms with van der Waals surface area (Å²) in [6.45, 7) is 5.87. The summed E-state index contributed by atoms with van der Waals surface area (Å²) in [5.74, 6) is -0.770. The van der Waals surface area contributed by atoms with Crippen LogP contribution in [0.4, 0.5) is 0 Å². The molecule has 2 rings (SSSR count). The van der Waals surface area contributed by atoms with Crippen LogP contribution in [0.15, 0.2) is 18.2 Å². The van der Waals surface area contributed by atoms with Gasteiger partial charge in [-0.25, -0.2) is 4.79 Å². The number of benzene rings is 1. The van der Waals surface area contributed by atoms with Crippen LogP contribution < -0.4 is 0 Å². The number of nitrogens with zero attached hydrogens (tertiary/aromatic N) is 1. The maximum absolute atomic E-state index is 11.3. The van der Waals surface area contributed by atoms with Gasteiger partial charge in [-0.1, -0.05) is 25.4 Å². The van der Waals surface area contributed by atoms with Crippen LogP contribution in [-0.2, 0) is 0 Å². The minimum absolute atomic E-state index is 0.183. The van der Waals surface area contributed by atoms with Crippen molar-refractivity contribution in [2.24, 2.45) is 0 Å². The molecule has 94 valence electrons. The fourth-order valence-corrected chi connectivity index (χ4v) is 2.22. The number of carboxylic acids is 1. The monoisotopic (exact) mass is 263 g/mol. The van der Waals surface area contributed by atoms with Crippen molar-refractivity contribution in [3.8, 4) is 0 Å². The second kappa shape index (κ2) is 4.58. The van der Waals surface area contributed by atoms with E-state index in [-0.39, 0.29) is 11.5 Å². The highest BCUT2D eigenvalue weighted by atomic mass is 35.5. The highest BCUT2D eigenvalue weighted by Gasteiger charge is 2.15. The molecule has 0 unspecified atom stereocenters. The highest BCUT2D eigenvalue weighted by Crippen LogP contribution is 2.27. The summed E-state index contributed by atoms with van der Waals surface area (Å²) in [4.78, 5) is 15.9. The van der Waals surface area contributed by atoms with Crippen molar-refractivity contribution >= 4 is 28.5 Å². The van der Waals surface area contributed by atoms with E-state index < -0.39 is 5.97 Å². The Morgan fingerprint density at radius 3 is 2.56 bits per heavy atom. The Hall–Kier alpha value is -1.61. The number of hydrogen-bond donors (Lipinski definition) is 1. The van der Waals surface area contributed by atoms with Gasteiger partial charge in [0.05, 0.1) is 11.1 Å². The number of rotatable bonds is 2. The van der Waals surface area contributed by atoms with Gasteiger partial charge in [0.25, 0.3) is 0 Å². The van der Waals surface area contributed by atoms with E-state index in [1.165, 1.54) is 0 Å². The number of aryl methyl sites for hydroxylation is 1. The molecular weight excluding hydrogens is 250 g/mol. The molecule has 0 amide bonds. The summed E-state index contributed by atoms with van der Waals surface area (Å²) < 4.78 is 0.